The van der Waals surface area contributed by atoms with Crippen LogP contribution < -0.4 is 19.3 Å². The molecule has 0 saturated carbocycles. The zero-order chi connectivity index (χ0) is 27.4. The SMILES string of the molecule is COc1ccc(CN(c2ncns2)S(=O)(=O)c2c(F)cc(NOC(=O)N3CCCC3)c(C)c2F)c(OC)c1. The van der Waals surface area contributed by atoms with Crippen molar-refractivity contribution in [1.82, 2.24) is 14.3 Å². The van der Waals surface area contributed by atoms with E-state index in [0.717, 1.165) is 41.1 Å². The Kier molecular flexibility index (Phi) is 8.16. The van der Waals surface area contributed by atoms with Crippen molar-refractivity contribution in [2.45, 2.75) is 31.2 Å². The molecule has 0 unspecified atom stereocenters. The smallest absolute Gasteiger partial charge is 0.434 e. The summed E-state index contributed by atoms with van der Waals surface area (Å²) in [6.45, 7) is 1.90. The minimum absolute atomic E-state index is 0.110. The van der Waals surface area contributed by atoms with Crippen LogP contribution in [0.3, 0.4) is 0 Å². The zero-order valence-corrected chi connectivity index (χ0v) is 22.4. The van der Waals surface area contributed by atoms with Crippen LogP contribution in [-0.4, -0.2) is 56.1 Å². The van der Waals surface area contributed by atoms with E-state index in [1.165, 1.54) is 26.0 Å². The van der Waals surface area contributed by atoms with Crippen molar-refractivity contribution in [3.05, 3.63) is 53.4 Å². The molecule has 1 saturated heterocycles. The van der Waals surface area contributed by atoms with E-state index in [1.54, 1.807) is 18.2 Å². The van der Waals surface area contributed by atoms with Crippen molar-refractivity contribution < 1.29 is 36.3 Å². The van der Waals surface area contributed by atoms with Crippen LogP contribution in [0.2, 0.25) is 0 Å². The minimum atomic E-state index is -4.85. The molecule has 0 aliphatic carbocycles. The first-order valence-electron chi connectivity index (χ1n) is 11.4. The Labute approximate surface area is 222 Å². The highest BCUT2D eigenvalue weighted by Crippen LogP contribution is 2.35. The first-order valence-corrected chi connectivity index (χ1v) is 13.6. The van der Waals surface area contributed by atoms with E-state index in [9.17, 15) is 13.2 Å². The lowest BCUT2D eigenvalue weighted by Crippen LogP contribution is -2.32. The van der Waals surface area contributed by atoms with Gasteiger partial charge in [-0.2, -0.15) is 4.37 Å². The molecule has 0 spiro atoms. The molecule has 204 valence electrons. The molecule has 2 heterocycles. The van der Waals surface area contributed by atoms with E-state index in [0.29, 0.717) is 30.2 Å². The number of carbonyl (C=O) groups is 1. The number of halogens is 2. The van der Waals surface area contributed by atoms with E-state index in [2.05, 4.69) is 14.8 Å². The van der Waals surface area contributed by atoms with Gasteiger partial charge in [-0.3, -0.25) is 0 Å². The van der Waals surface area contributed by atoms with Crippen LogP contribution in [-0.2, 0) is 21.4 Å². The molecular weight excluding hydrogens is 544 g/mol. The lowest BCUT2D eigenvalue weighted by Gasteiger charge is -2.24. The summed E-state index contributed by atoms with van der Waals surface area (Å²) in [5, 5.41) is -0.110. The fourth-order valence-corrected chi connectivity index (χ4v) is 6.18. The number of methoxy groups -OCH3 is 2. The molecule has 3 aromatic rings. The van der Waals surface area contributed by atoms with Gasteiger partial charge in [0, 0.05) is 47.9 Å². The van der Waals surface area contributed by atoms with Crippen molar-refractivity contribution >= 4 is 38.5 Å². The van der Waals surface area contributed by atoms with Gasteiger partial charge in [-0.25, -0.2) is 36.8 Å². The largest absolute Gasteiger partial charge is 0.497 e. The first-order chi connectivity index (χ1) is 18.2. The van der Waals surface area contributed by atoms with Gasteiger partial charge in [0.05, 0.1) is 26.5 Å². The molecule has 15 heteroatoms. The molecule has 1 aromatic heterocycles. The van der Waals surface area contributed by atoms with Crippen LogP contribution in [0.15, 0.2) is 35.5 Å². The van der Waals surface area contributed by atoms with Gasteiger partial charge in [-0.05, 0) is 31.9 Å². The standard InChI is InChI=1S/C23H25F2N5O6S2/c1-14-18(28-36-23(31)29-8-4-5-9-29)11-17(24)21(20(14)25)38(32,33)30(22-26-13-27-37-22)12-15-6-7-16(34-2)10-19(15)35-3/h6-7,10-11,13,28H,4-5,8-9,12H2,1-3H3. The quantitative estimate of drug-likeness (QED) is 0.380. The van der Waals surface area contributed by atoms with Crippen molar-refractivity contribution in [2.24, 2.45) is 0 Å². The second-order valence-electron chi connectivity index (χ2n) is 8.25. The maximum atomic E-state index is 15.5. The predicted molar refractivity (Wildman–Crippen MR) is 135 cm³/mol. The Morgan fingerprint density at radius 2 is 1.92 bits per heavy atom. The lowest BCUT2D eigenvalue weighted by atomic mass is 10.2. The molecule has 1 fully saturated rings. The van der Waals surface area contributed by atoms with Crippen LogP contribution in [0.25, 0.3) is 0 Å². The number of carbonyl (C=O) groups excluding carboxylic acids is 1. The number of nitrogens with one attached hydrogen (secondary N) is 1. The Bertz CT molecular complexity index is 1420. The molecule has 0 atom stereocenters. The van der Waals surface area contributed by atoms with Crippen molar-refractivity contribution in [2.75, 3.05) is 37.1 Å². The van der Waals surface area contributed by atoms with Gasteiger partial charge in [0.25, 0.3) is 10.0 Å². The summed E-state index contributed by atoms with van der Waals surface area (Å²) in [5.74, 6) is -1.97. The number of aromatic nitrogens is 2. The van der Waals surface area contributed by atoms with Gasteiger partial charge in [0.2, 0.25) is 5.13 Å². The number of sulfonamides is 1. The molecule has 1 aliphatic heterocycles. The van der Waals surface area contributed by atoms with Crippen LogP contribution in [0.1, 0.15) is 24.0 Å². The average Bonchev–Trinajstić information content (AvgIpc) is 3.63. The third kappa shape index (κ3) is 5.43. The summed E-state index contributed by atoms with van der Waals surface area (Å²) >= 11 is 0.736. The highest BCUT2D eigenvalue weighted by Gasteiger charge is 2.35. The van der Waals surface area contributed by atoms with Crippen LogP contribution in [0, 0.1) is 18.6 Å². The van der Waals surface area contributed by atoms with Gasteiger partial charge in [-0.15, -0.1) is 0 Å². The van der Waals surface area contributed by atoms with Gasteiger partial charge in [0.15, 0.2) is 10.7 Å². The average molecular weight is 570 g/mol. The van der Waals surface area contributed by atoms with Crippen molar-refractivity contribution in [3.63, 3.8) is 0 Å². The fraction of sp³-hybridized carbons (Fsp3) is 0.348. The number of likely N-dealkylation sites (tertiary alicyclic amines) is 1. The third-order valence-electron chi connectivity index (χ3n) is 5.95. The van der Waals surface area contributed by atoms with Gasteiger partial charge < -0.3 is 19.2 Å². The van der Waals surface area contributed by atoms with Crippen molar-refractivity contribution in [3.8, 4) is 11.5 Å². The number of anilines is 2. The summed E-state index contributed by atoms with van der Waals surface area (Å²) < 4.78 is 73.3. The molecule has 11 nitrogen and oxygen atoms in total. The Morgan fingerprint density at radius 3 is 2.55 bits per heavy atom. The van der Waals surface area contributed by atoms with Crippen LogP contribution >= 0.6 is 11.5 Å². The number of benzene rings is 2. The Morgan fingerprint density at radius 1 is 1.18 bits per heavy atom. The van der Waals surface area contributed by atoms with Crippen molar-refractivity contribution in [1.29, 1.82) is 0 Å². The molecule has 1 amide bonds. The summed E-state index contributed by atoms with van der Waals surface area (Å²) in [4.78, 5) is 21.3. The maximum absolute atomic E-state index is 15.5. The molecular formula is C23H25F2N5O6S2. The maximum Gasteiger partial charge on any atom is 0.434 e. The van der Waals surface area contributed by atoms with Crippen LogP contribution in [0.5, 0.6) is 11.5 Å². The summed E-state index contributed by atoms with van der Waals surface area (Å²) in [7, 11) is -1.99. The molecule has 0 radical (unpaired) electrons. The Hall–Kier alpha value is -3.72. The monoisotopic (exact) mass is 569 g/mol. The fourth-order valence-electron chi connectivity index (χ4n) is 3.88. The number of nitrogens with zero attached hydrogens (tertiary/aromatic N) is 4. The highest BCUT2D eigenvalue weighted by molar-refractivity contribution is 7.93. The molecule has 38 heavy (non-hydrogen) atoms. The van der Waals surface area contributed by atoms with Gasteiger partial charge in [-0.1, -0.05) is 0 Å². The highest BCUT2D eigenvalue weighted by atomic mass is 32.2. The normalized spacial score (nSPS) is 13.3. The van der Waals surface area contributed by atoms with E-state index in [1.807, 2.05) is 0 Å². The molecule has 2 aromatic carbocycles. The van der Waals surface area contributed by atoms with E-state index < -0.39 is 32.6 Å². The number of ether oxygens (including phenoxy) is 2. The number of hydrogen-bond acceptors (Lipinski definition) is 10. The van der Waals surface area contributed by atoms with Crippen LogP contribution in [0.4, 0.5) is 24.4 Å². The van der Waals surface area contributed by atoms with E-state index in [4.69, 9.17) is 14.3 Å². The topological polar surface area (TPSA) is 123 Å². The second kappa shape index (κ2) is 11.3. The van der Waals surface area contributed by atoms with Gasteiger partial charge in [0.1, 0.15) is 23.6 Å². The molecule has 0 bridgehead atoms. The molecule has 4 rings (SSSR count). The lowest BCUT2D eigenvalue weighted by molar-refractivity contribution is 0.131. The zero-order valence-electron chi connectivity index (χ0n) is 20.7. The van der Waals surface area contributed by atoms with E-state index in [-0.39, 0.29) is 22.9 Å². The second-order valence-corrected chi connectivity index (χ2v) is 10.8. The van der Waals surface area contributed by atoms with E-state index >= 15 is 8.78 Å². The predicted octanol–water partition coefficient (Wildman–Crippen LogP) is 4.10. The minimum Gasteiger partial charge on any atom is -0.497 e. The number of hydrogen-bond donors (Lipinski definition) is 1. The Balaban J connectivity index is 1.69. The summed E-state index contributed by atoms with van der Waals surface area (Å²) in [6.07, 6.45) is 2.10. The summed E-state index contributed by atoms with van der Waals surface area (Å²) in [5.41, 5.74) is 2.13. The number of amides is 1. The summed E-state index contributed by atoms with van der Waals surface area (Å²) in [6, 6.07) is 5.48. The van der Waals surface area contributed by atoms with Gasteiger partial charge >= 0.3 is 6.09 Å². The first kappa shape index (κ1) is 27.3. The molecule has 1 aliphatic rings. The number of rotatable bonds is 9. The molecule has 1 N–H and O–H groups in total. The third-order valence-corrected chi connectivity index (χ3v) is 8.53.